The Bertz CT molecular complexity index is 645. The second-order valence-electron chi connectivity index (χ2n) is 4.33. The van der Waals surface area contributed by atoms with Crippen LogP contribution in [0.15, 0.2) is 42.5 Å². The van der Waals surface area contributed by atoms with Gasteiger partial charge in [-0.2, -0.15) is 0 Å². The molecule has 2 aromatic carbocycles. The van der Waals surface area contributed by atoms with Crippen molar-refractivity contribution in [1.82, 2.24) is 0 Å². The molecule has 6 heteroatoms. The second-order valence-corrected chi connectivity index (χ2v) is 4.59. The minimum absolute atomic E-state index is 0.0291. The zero-order chi connectivity index (χ0) is 15.2. The number of hydrogen-bond acceptors (Lipinski definition) is 4. The Balaban J connectivity index is 2.19. The summed E-state index contributed by atoms with van der Waals surface area (Å²) in [5, 5.41) is 10.9. The number of non-ortho nitro benzene ring substituents is 1. The number of benzene rings is 2. The van der Waals surface area contributed by atoms with E-state index >= 15 is 0 Å². The molecule has 2 rings (SSSR count). The molecule has 0 aromatic heterocycles. The highest BCUT2D eigenvalue weighted by molar-refractivity contribution is 6.17. The predicted molar refractivity (Wildman–Crippen MR) is 80.0 cm³/mol. The van der Waals surface area contributed by atoms with Crippen LogP contribution in [-0.2, 0) is 12.5 Å². The first-order chi connectivity index (χ1) is 10.1. The maximum Gasteiger partial charge on any atom is 0.273 e. The molecule has 0 aliphatic heterocycles. The molecule has 0 aliphatic rings. The molecule has 0 N–H and O–H groups in total. The number of nitrogens with zero attached hydrogens (tertiary/aromatic N) is 1. The molecule has 21 heavy (non-hydrogen) atoms. The topological polar surface area (TPSA) is 61.6 Å². The summed E-state index contributed by atoms with van der Waals surface area (Å²) >= 11 is 5.84. The molecule has 0 spiro atoms. The van der Waals surface area contributed by atoms with Crippen molar-refractivity contribution >= 4 is 17.3 Å². The van der Waals surface area contributed by atoms with Crippen LogP contribution >= 0.6 is 11.6 Å². The molecule has 0 amide bonds. The smallest absolute Gasteiger partial charge is 0.273 e. The summed E-state index contributed by atoms with van der Waals surface area (Å²) < 4.78 is 10.7. The van der Waals surface area contributed by atoms with Crippen LogP contribution < -0.4 is 9.47 Å². The van der Waals surface area contributed by atoms with Gasteiger partial charge in [-0.1, -0.05) is 18.2 Å². The molecule has 0 bridgehead atoms. The normalized spacial score (nSPS) is 10.2. The van der Waals surface area contributed by atoms with E-state index in [0.29, 0.717) is 22.9 Å². The number of alkyl halides is 1. The molecule has 0 saturated heterocycles. The first-order valence-corrected chi connectivity index (χ1v) is 6.76. The fraction of sp³-hybridized carbons (Fsp3) is 0.200. The van der Waals surface area contributed by atoms with Crippen LogP contribution in [-0.4, -0.2) is 12.0 Å². The second kappa shape index (κ2) is 6.95. The summed E-state index contributed by atoms with van der Waals surface area (Å²) in [7, 11) is 1.46. The SMILES string of the molecule is COc1cc(COc2ccccc2CCl)cc([N+](=O)[O-])c1. The molecule has 0 radical (unpaired) electrons. The minimum atomic E-state index is -0.460. The van der Waals surface area contributed by atoms with E-state index in [-0.39, 0.29) is 12.3 Å². The molecular weight excluding hydrogens is 294 g/mol. The summed E-state index contributed by atoms with van der Waals surface area (Å²) in [6.07, 6.45) is 0. The maximum atomic E-state index is 10.9. The average molecular weight is 308 g/mol. The van der Waals surface area contributed by atoms with E-state index in [4.69, 9.17) is 21.1 Å². The van der Waals surface area contributed by atoms with Gasteiger partial charge < -0.3 is 9.47 Å². The van der Waals surface area contributed by atoms with Crippen LogP contribution in [0.3, 0.4) is 0 Å². The Morgan fingerprint density at radius 2 is 2.00 bits per heavy atom. The van der Waals surface area contributed by atoms with Crippen molar-refractivity contribution in [2.75, 3.05) is 7.11 Å². The van der Waals surface area contributed by atoms with Crippen molar-refractivity contribution in [1.29, 1.82) is 0 Å². The van der Waals surface area contributed by atoms with Crippen LogP contribution in [0, 0.1) is 10.1 Å². The van der Waals surface area contributed by atoms with E-state index in [0.717, 1.165) is 5.56 Å². The Morgan fingerprint density at radius 1 is 1.24 bits per heavy atom. The van der Waals surface area contributed by atoms with Crippen LogP contribution in [0.2, 0.25) is 0 Å². The highest BCUT2D eigenvalue weighted by Crippen LogP contribution is 2.25. The zero-order valence-corrected chi connectivity index (χ0v) is 12.2. The molecule has 0 atom stereocenters. The van der Waals surface area contributed by atoms with E-state index < -0.39 is 4.92 Å². The molecule has 0 aliphatic carbocycles. The summed E-state index contributed by atoms with van der Waals surface area (Å²) in [5.74, 6) is 1.43. The molecule has 0 unspecified atom stereocenters. The maximum absolute atomic E-state index is 10.9. The summed E-state index contributed by atoms with van der Waals surface area (Å²) in [5.41, 5.74) is 1.50. The third kappa shape index (κ3) is 3.86. The predicted octanol–water partition coefficient (Wildman–Crippen LogP) is 3.92. The van der Waals surface area contributed by atoms with Gasteiger partial charge in [-0.15, -0.1) is 11.6 Å². The van der Waals surface area contributed by atoms with Crippen molar-refractivity contribution in [2.45, 2.75) is 12.5 Å². The molecule has 2 aromatic rings. The van der Waals surface area contributed by atoms with E-state index in [2.05, 4.69) is 0 Å². The van der Waals surface area contributed by atoms with Gasteiger partial charge >= 0.3 is 0 Å². The quantitative estimate of drug-likeness (QED) is 0.461. The lowest BCUT2D eigenvalue weighted by Crippen LogP contribution is -2.00. The summed E-state index contributed by atoms with van der Waals surface area (Å²) in [6, 6.07) is 11.9. The number of ether oxygens (including phenoxy) is 2. The highest BCUT2D eigenvalue weighted by atomic mass is 35.5. The molecular formula is C15H14ClNO4. The number of para-hydroxylation sites is 1. The number of hydrogen-bond donors (Lipinski definition) is 0. The van der Waals surface area contributed by atoms with Gasteiger partial charge in [-0.05, 0) is 17.7 Å². The van der Waals surface area contributed by atoms with Crippen LogP contribution in [0.1, 0.15) is 11.1 Å². The fourth-order valence-corrected chi connectivity index (χ4v) is 2.09. The van der Waals surface area contributed by atoms with E-state index in [1.165, 1.54) is 19.2 Å². The van der Waals surface area contributed by atoms with Gasteiger partial charge in [-0.3, -0.25) is 10.1 Å². The third-order valence-corrected chi connectivity index (χ3v) is 3.20. The van der Waals surface area contributed by atoms with Gasteiger partial charge in [-0.25, -0.2) is 0 Å². The summed E-state index contributed by atoms with van der Waals surface area (Å²) in [4.78, 5) is 10.4. The van der Waals surface area contributed by atoms with Gasteiger partial charge in [0, 0.05) is 11.6 Å². The standard InChI is InChI=1S/C15H14ClNO4/c1-20-14-7-11(6-13(8-14)17(18)19)10-21-15-5-3-2-4-12(15)9-16/h2-8H,9-10H2,1H3. The lowest BCUT2D eigenvalue weighted by atomic mass is 10.2. The zero-order valence-electron chi connectivity index (χ0n) is 11.4. The first kappa shape index (κ1) is 15.1. The molecule has 0 heterocycles. The van der Waals surface area contributed by atoms with Crippen molar-refractivity contribution in [3.05, 3.63) is 63.7 Å². The number of rotatable bonds is 6. The third-order valence-electron chi connectivity index (χ3n) is 2.91. The number of nitro benzene ring substituents is 1. The number of methoxy groups -OCH3 is 1. The van der Waals surface area contributed by atoms with Gasteiger partial charge in [0.1, 0.15) is 18.1 Å². The fourth-order valence-electron chi connectivity index (χ4n) is 1.87. The van der Waals surface area contributed by atoms with E-state index in [1.54, 1.807) is 6.07 Å². The monoisotopic (exact) mass is 307 g/mol. The van der Waals surface area contributed by atoms with Gasteiger partial charge in [0.15, 0.2) is 0 Å². The minimum Gasteiger partial charge on any atom is -0.496 e. The van der Waals surface area contributed by atoms with Crippen molar-refractivity contribution in [3.63, 3.8) is 0 Å². The number of nitro groups is 1. The van der Waals surface area contributed by atoms with Gasteiger partial charge in [0.2, 0.25) is 0 Å². The lowest BCUT2D eigenvalue weighted by molar-refractivity contribution is -0.385. The van der Waals surface area contributed by atoms with Gasteiger partial charge in [0.25, 0.3) is 5.69 Å². The van der Waals surface area contributed by atoms with Crippen LogP contribution in [0.5, 0.6) is 11.5 Å². The first-order valence-electron chi connectivity index (χ1n) is 6.23. The molecule has 110 valence electrons. The molecule has 0 saturated carbocycles. The van der Waals surface area contributed by atoms with Crippen molar-refractivity contribution in [3.8, 4) is 11.5 Å². The lowest BCUT2D eigenvalue weighted by Gasteiger charge is -2.10. The van der Waals surface area contributed by atoms with Crippen LogP contribution in [0.25, 0.3) is 0 Å². The van der Waals surface area contributed by atoms with Crippen LogP contribution in [0.4, 0.5) is 5.69 Å². The van der Waals surface area contributed by atoms with Crippen molar-refractivity contribution in [2.24, 2.45) is 0 Å². The Morgan fingerprint density at radius 3 is 2.67 bits per heavy atom. The molecule has 0 fully saturated rings. The number of halogens is 1. The largest absolute Gasteiger partial charge is 0.496 e. The summed E-state index contributed by atoms with van der Waals surface area (Å²) in [6.45, 7) is 0.200. The Kier molecular flexibility index (Phi) is 5.00. The average Bonchev–Trinajstić information content (AvgIpc) is 2.52. The Hall–Kier alpha value is -2.27. The highest BCUT2D eigenvalue weighted by Gasteiger charge is 2.11. The van der Waals surface area contributed by atoms with E-state index in [9.17, 15) is 10.1 Å². The molecule has 5 nitrogen and oxygen atoms in total. The van der Waals surface area contributed by atoms with E-state index in [1.807, 2.05) is 24.3 Å². The van der Waals surface area contributed by atoms with Gasteiger partial charge in [0.05, 0.1) is 24.0 Å². The van der Waals surface area contributed by atoms with Crippen molar-refractivity contribution < 1.29 is 14.4 Å². The Labute approximate surface area is 127 Å².